The Kier molecular flexibility index (Phi) is 6.30. The van der Waals surface area contributed by atoms with Crippen molar-refractivity contribution in [2.24, 2.45) is 0 Å². The standard InChI is InChI=1S/C27H20O5/c1-29-24-16-21(5-3-19-7-10-23(11-8-19)27(28)30-2)15-22(17-24)6-4-20-9-12-25-26(18-20)32-14-13-31-25/h7-12,15-18H,13-14H2,1-2H3. The van der Waals surface area contributed by atoms with Crippen LogP contribution in [0.15, 0.2) is 60.7 Å². The molecule has 3 aromatic rings. The molecule has 0 unspecified atom stereocenters. The first-order valence-electron chi connectivity index (χ1n) is 9.96. The van der Waals surface area contributed by atoms with E-state index in [1.807, 2.05) is 36.4 Å². The predicted molar refractivity (Wildman–Crippen MR) is 120 cm³/mol. The number of benzene rings is 3. The lowest BCUT2D eigenvalue weighted by Gasteiger charge is -2.17. The molecule has 1 aliphatic heterocycles. The SMILES string of the molecule is COC(=O)c1ccc(C#Cc2cc(C#Cc3ccc4c(c3)OCCO4)cc(OC)c2)cc1. The Morgan fingerprint density at radius 3 is 1.97 bits per heavy atom. The molecule has 0 radical (unpaired) electrons. The first-order valence-corrected chi connectivity index (χ1v) is 9.96. The number of rotatable bonds is 2. The third-order valence-electron chi connectivity index (χ3n) is 4.69. The van der Waals surface area contributed by atoms with Crippen LogP contribution in [0.4, 0.5) is 0 Å². The van der Waals surface area contributed by atoms with Crippen molar-refractivity contribution in [3.05, 3.63) is 88.5 Å². The minimum atomic E-state index is -0.376. The van der Waals surface area contributed by atoms with E-state index in [0.717, 1.165) is 28.0 Å². The molecule has 3 aromatic carbocycles. The number of carbonyl (C=O) groups is 1. The van der Waals surface area contributed by atoms with Gasteiger partial charge in [0.15, 0.2) is 11.5 Å². The summed E-state index contributed by atoms with van der Waals surface area (Å²) in [6, 6.07) is 18.2. The fraction of sp³-hybridized carbons (Fsp3) is 0.148. The van der Waals surface area contributed by atoms with E-state index in [9.17, 15) is 4.79 Å². The lowest BCUT2D eigenvalue weighted by Crippen LogP contribution is -2.15. The van der Waals surface area contributed by atoms with Crippen molar-refractivity contribution in [2.45, 2.75) is 0 Å². The van der Waals surface area contributed by atoms with E-state index in [1.54, 1.807) is 31.4 Å². The van der Waals surface area contributed by atoms with E-state index >= 15 is 0 Å². The van der Waals surface area contributed by atoms with Gasteiger partial charge in [-0.15, -0.1) is 0 Å². The van der Waals surface area contributed by atoms with E-state index in [1.165, 1.54) is 7.11 Å². The summed E-state index contributed by atoms with van der Waals surface area (Å²) in [5.41, 5.74) is 3.65. The molecule has 0 N–H and O–H groups in total. The van der Waals surface area contributed by atoms with Crippen LogP contribution in [0.3, 0.4) is 0 Å². The van der Waals surface area contributed by atoms with Gasteiger partial charge in [-0.25, -0.2) is 4.79 Å². The summed E-state index contributed by atoms with van der Waals surface area (Å²) in [7, 11) is 2.96. The molecule has 5 heteroatoms. The second-order valence-electron chi connectivity index (χ2n) is 6.88. The zero-order valence-corrected chi connectivity index (χ0v) is 17.7. The molecule has 0 saturated carbocycles. The van der Waals surface area contributed by atoms with Gasteiger partial charge in [-0.05, 0) is 60.7 Å². The van der Waals surface area contributed by atoms with Crippen LogP contribution in [0.25, 0.3) is 0 Å². The van der Waals surface area contributed by atoms with Crippen LogP contribution in [0, 0.1) is 23.7 Å². The van der Waals surface area contributed by atoms with Crippen LogP contribution in [-0.2, 0) is 4.74 Å². The minimum Gasteiger partial charge on any atom is -0.497 e. The molecular weight excluding hydrogens is 404 g/mol. The normalized spacial score (nSPS) is 11.3. The molecule has 0 amide bonds. The molecule has 0 atom stereocenters. The quantitative estimate of drug-likeness (QED) is 0.459. The summed E-state index contributed by atoms with van der Waals surface area (Å²) in [5, 5.41) is 0. The smallest absolute Gasteiger partial charge is 0.337 e. The molecule has 158 valence electrons. The molecule has 32 heavy (non-hydrogen) atoms. The van der Waals surface area contributed by atoms with Gasteiger partial charge in [0.1, 0.15) is 19.0 Å². The van der Waals surface area contributed by atoms with Crippen LogP contribution >= 0.6 is 0 Å². The number of fused-ring (bicyclic) bond motifs is 1. The zero-order valence-electron chi connectivity index (χ0n) is 17.7. The Labute approximate surface area is 186 Å². The summed E-state index contributed by atoms with van der Waals surface area (Å²) in [4.78, 5) is 11.5. The van der Waals surface area contributed by atoms with E-state index in [2.05, 4.69) is 23.7 Å². The highest BCUT2D eigenvalue weighted by Gasteiger charge is 2.10. The zero-order chi connectivity index (χ0) is 22.3. The fourth-order valence-corrected chi connectivity index (χ4v) is 3.08. The van der Waals surface area contributed by atoms with Gasteiger partial charge in [-0.2, -0.15) is 0 Å². The largest absolute Gasteiger partial charge is 0.497 e. The van der Waals surface area contributed by atoms with E-state index in [0.29, 0.717) is 30.3 Å². The van der Waals surface area contributed by atoms with Crippen LogP contribution in [0.5, 0.6) is 17.2 Å². The molecule has 0 spiro atoms. The van der Waals surface area contributed by atoms with E-state index < -0.39 is 0 Å². The number of hydrogen-bond acceptors (Lipinski definition) is 5. The van der Waals surface area contributed by atoms with Crippen molar-refractivity contribution < 1.29 is 23.7 Å². The van der Waals surface area contributed by atoms with E-state index in [4.69, 9.17) is 18.9 Å². The van der Waals surface area contributed by atoms with Crippen molar-refractivity contribution in [1.29, 1.82) is 0 Å². The summed E-state index contributed by atoms with van der Waals surface area (Å²) in [6.45, 7) is 1.09. The Balaban J connectivity index is 1.57. The highest BCUT2D eigenvalue weighted by Crippen LogP contribution is 2.30. The fourth-order valence-electron chi connectivity index (χ4n) is 3.08. The Bertz CT molecular complexity index is 1270. The monoisotopic (exact) mass is 424 g/mol. The third kappa shape index (κ3) is 5.03. The molecule has 0 saturated heterocycles. The summed E-state index contributed by atoms with van der Waals surface area (Å²) in [6.07, 6.45) is 0. The molecule has 1 heterocycles. The van der Waals surface area contributed by atoms with Crippen molar-refractivity contribution in [3.63, 3.8) is 0 Å². The van der Waals surface area contributed by atoms with Crippen molar-refractivity contribution in [2.75, 3.05) is 27.4 Å². The second-order valence-corrected chi connectivity index (χ2v) is 6.88. The highest BCUT2D eigenvalue weighted by molar-refractivity contribution is 5.89. The van der Waals surface area contributed by atoms with E-state index in [-0.39, 0.29) is 5.97 Å². The number of esters is 1. The number of carbonyl (C=O) groups excluding carboxylic acids is 1. The van der Waals surface area contributed by atoms with Gasteiger partial charge in [0.25, 0.3) is 0 Å². The van der Waals surface area contributed by atoms with Crippen LogP contribution in [-0.4, -0.2) is 33.4 Å². The topological polar surface area (TPSA) is 54.0 Å². The second kappa shape index (κ2) is 9.64. The number of hydrogen-bond donors (Lipinski definition) is 0. The van der Waals surface area contributed by atoms with Gasteiger partial charge in [0, 0.05) is 22.3 Å². The van der Waals surface area contributed by atoms with Gasteiger partial charge in [0.05, 0.1) is 19.8 Å². The maximum atomic E-state index is 11.5. The predicted octanol–water partition coefficient (Wildman–Crippen LogP) is 4.05. The lowest BCUT2D eigenvalue weighted by atomic mass is 10.1. The van der Waals surface area contributed by atoms with Gasteiger partial charge < -0.3 is 18.9 Å². The lowest BCUT2D eigenvalue weighted by molar-refractivity contribution is 0.0600. The van der Waals surface area contributed by atoms with Gasteiger partial charge in [-0.3, -0.25) is 0 Å². The van der Waals surface area contributed by atoms with Gasteiger partial charge >= 0.3 is 5.97 Å². The average molecular weight is 424 g/mol. The molecular formula is C27H20O5. The molecule has 0 fully saturated rings. The first kappa shape index (κ1) is 20.9. The summed E-state index contributed by atoms with van der Waals surface area (Å²) in [5.74, 6) is 14.3. The molecule has 0 bridgehead atoms. The van der Waals surface area contributed by atoms with Gasteiger partial charge in [0.2, 0.25) is 0 Å². The highest BCUT2D eigenvalue weighted by atomic mass is 16.6. The van der Waals surface area contributed by atoms with Crippen LogP contribution in [0.1, 0.15) is 32.6 Å². The Morgan fingerprint density at radius 2 is 1.31 bits per heavy atom. The summed E-state index contributed by atoms with van der Waals surface area (Å²) < 4.78 is 21.3. The summed E-state index contributed by atoms with van der Waals surface area (Å²) >= 11 is 0. The van der Waals surface area contributed by atoms with Gasteiger partial charge in [-0.1, -0.05) is 23.7 Å². The van der Waals surface area contributed by atoms with Crippen molar-refractivity contribution in [1.82, 2.24) is 0 Å². The maximum absolute atomic E-state index is 11.5. The molecule has 4 rings (SSSR count). The molecule has 5 nitrogen and oxygen atoms in total. The Hall–Kier alpha value is -4.35. The molecule has 1 aliphatic rings. The third-order valence-corrected chi connectivity index (χ3v) is 4.69. The average Bonchev–Trinajstić information content (AvgIpc) is 2.85. The molecule has 0 aromatic heterocycles. The van der Waals surface area contributed by atoms with Crippen molar-refractivity contribution >= 4 is 5.97 Å². The minimum absolute atomic E-state index is 0.376. The van der Waals surface area contributed by atoms with Crippen LogP contribution < -0.4 is 14.2 Å². The van der Waals surface area contributed by atoms with Crippen molar-refractivity contribution in [3.8, 4) is 40.9 Å². The van der Waals surface area contributed by atoms with Crippen LogP contribution in [0.2, 0.25) is 0 Å². The maximum Gasteiger partial charge on any atom is 0.337 e. The number of methoxy groups -OCH3 is 2. The molecule has 0 aliphatic carbocycles. The first-order chi connectivity index (χ1) is 15.6. The Morgan fingerprint density at radius 1 is 0.719 bits per heavy atom. The number of ether oxygens (including phenoxy) is 4.